The average molecular weight is 550 g/mol. The van der Waals surface area contributed by atoms with E-state index in [0.29, 0.717) is 41.1 Å². The lowest BCUT2D eigenvalue weighted by atomic mass is 10.1. The number of amides is 1. The Morgan fingerprint density at radius 3 is 2.51 bits per heavy atom. The lowest BCUT2D eigenvalue weighted by Gasteiger charge is -2.24. The number of hydrogen-bond acceptors (Lipinski definition) is 6. The van der Waals surface area contributed by atoms with Gasteiger partial charge in [0.15, 0.2) is 17.2 Å². The van der Waals surface area contributed by atoms with Crippen LogP contribution in [-0.4, -0.2) is 50.7 Å². The van der Waals surface area contributed by atoms with E-state index in [0.717, 1.165) is 55.9 Å². The molecule has 0 unspecified atom stereocenters. The van der Waals surface area contributed by atoms with Crippen LogP contribution in [0.1, 0.15) is 37.7 Å². The molecule has 1 amide bonds. The van der Waals surface area contributed by atoms with Crippen LogP contribution in [0.4, 0.5) is 11.4 Å². The number of rotatable bonds is 4. The Hall–Kier alpha value is -3.42. The number of fused-ring (bicyclic) bond motifs is 2. The molecule has 2 aliphatic heterocycles. The Morgan fingerprint density at radius 1 is 0.897 bits per heavy atom. The maximum Gasteiger partial charge on any atom is 0.238 e. The Bertz CT molecular complexity index is 1280. The van der Waals surface area contributed by atoms with Crippen molar-refractivity contribution in [1.82, 2.24) is 4.90 Å². The molecule has 0 aliphatic carbocycles. The highest BCUT2D eigenvalue weighted by molar-refractivity contribution is 6.31. The number of para-hydroxylation sites is 2. The summed E-state index contributed by atoms with van der Waals surface area (Å²) in [6.07, 6.45) is 5.29. The second-order valence-electron chi connectivity index (χ2n) is 10.1. The monoisotopic (exact) mass is 549 g/mol. The SMILES string of the molecule is COc1cc(CN2CCCCCOc3ccccc3Oc3ccc(Cl)cc3NC(=O)C2)ccc1N1CCCC1. The van der Waals surface area contributed by atoms with Crippen LogP contribution in [0.2, 0.25) is 5.02 Å². The van der Waals surface area contributed by atoms with Crippen molar-refractivity contribution in [2.75, 3.05) is 50.1 Å². The molecule has 8 heteroatoms. The number of ether oxygens (including phenoxy) is 3. The summed E-state index contributed by atoms with van der Waals surface area (Å²) < 4.78 is 18.0. The highest BCUT2D eigenvalue weighted by Crippen LogP contribution is 2.37. The van der Waals surface area contributed by atoms with Gasteiger partial charge in [-0.2, -0.15) is 0 Å². The molecule has 0 bridgehead atoms. The number of methoxy groups -OCH3 is 1. The summed E-state index contributed by atoms with van der Waals surface area (Å²) in [4.78, 5) is 17.8. The number of anilines is 2. The molecule has 1 saturated heterocycles. The van der Waals surface area contributed by atoms with E-state index in [1.807, 2.05) is 24.3 Å². The highest BCUT2D eigenvalue weighted by Gasteiger charge is 2.19. The predicted octanol–water partition coefficient (Wildman–Crippen LogP) is 6.74. The van der Waals surface area contributed by atoms with Crippen molar-refractivity contribution in [2.45, 2.75) is 38.6 Å². The van der Waals surface area contributed by atoms with Crippen molar-refractivity contribution < 1.29 is 19.0 Å². The molecule has 39 heavy (non-hydrogen) atoms. The number of carbonyl (C=O) groups excluding carboxylic acids is 1. The number of hydrogen-bond donors (Lipinski definition) is 1. The fraction of sp³-hybridized carbons (Fsp3) is 0.387. The molecule has 0 aromatic heterocycles. The van der Waals surface area contributed by atoms with Gasteiger partial charge in [-0.15, -0.1) is 0 Å². The molecular formula is C31H36ClN3O4. The zero-order valence-electron chi connectivity index (χ0n) is 22.5. The molecule has 206 valence electrons. The van der Waals surface area contributed by atoms with E-state index in [-0.39, 0.29) is 12.5 Å². The van der Waals surface area contributed by atoms with E-state index < -0.39 is 0 Å². The van der Waals surface area contributed by atoms with Crippen molar-refractivity contribution in [3.05, 3.63) is 71.2 Å². The van der Waals surface area contributed by atoms with E-state index in [4.69, 9.17) is 25.8 Å². The number of halogens is 1. The van der Waals surface area contributed by atoms with Gasteiger partial charge in [0.1, 0.15) is 5.75 Å². The molecule has 1 N–H and O–H groups in total. The van der Waals surface area contributed by atoms with E-state index in [2.05, 4.69) is 33.3 Å². The molecule has 1 fully saturated rings. The first kappa shape index (κ1) is 27.2. The molecule has 3 aromatic rings. The first-order chi connectivity index (χ1) is 19.1. The van der Waals surface area contributed by atoms with Crippen LogP contribution in [0.25, 0.3) is 0 Å². The van der Waals surface area contributed by atoms with Gasteiger partial charge < -0.3 is 24.4 Å². The minimum Gasteiger partial charge on any atom is -0.495 e. The molecule has 0 radical (unpaired) electrons. The predicted molar refractivity (Wildman–Crippen MR) is 156 cm³/mol. The van der Waals surface area contributed by atoms with Gasteiger partial charge in [-0.3, -0.25) is 9.69 Å². The topological polar surface area (TPSA) is 63.3 Å². The summed E-state index contributed by atoms with van der Waals surface area (Å²) >= 11 is 6.29. The third-order valence-corrected chi connectivity index (χ3v) is 7.36. The van der Waals surface area contributed by atoms with Crippen LogP contribution in [-0.2, 0) is 11.3 Å². The molecule has 5 rings (SSSR count). The summed E-state index contributed by atoms with van der Waals surface area (Å²) in [6, 6.07) is 19.2. The third-order valence-electron chi connectivity index (χ3n) is 7.13. The maximum atomic E-state index is 13.3. The Labute approximate surface area is 235 Å². The summed E-state index contributed by atoms with van der Waals surface area (Å²) in [5, 5.41) is 3.54. The Kier molecular flexibility index (Phi) is 9.12. The van der Waals surface area contributed by atoms with Gasteiger partial charge >= 0.3 is 0 Å². The van der Waals surface area contributed by atoms with E-state index in [1.54, 1.807) is 25.3 Å². The normalized spacial score (nSPS) is 17.1. The molecule has 0 spiro atoms. The van der Waals surface area contributed by atoms with Gasteiger partial charge in [-0.05, 0) is 86.7 Å². The zero-order valence-corrected chi connectivity index (χ0v) is 23.2. The zero-order chi connectivity index (χ0) is 27.0. The largest absolute Gasteiger partial charge is 0.495 e. The fourth-order valence-corrected chi connectivity index (χ4v) is 5.33. The standard InChI is InChI=1S/C31H36ClN3O4/c1-37-30-19-23(11-13-26(30)35-16-6-7-17-35)21-34-15-5-2-8-18-38-28-9-3-4-10-29(28)39-27-14-12-24(32)20-25(27)33-31(36)22-34/h3-4,9-14,19-20H,2,5-8,15-18,21-22H2,1H3,(H,33,36). The molecule has 3 aromatic carbocycles. The molecule has 0 saturated carbocycles. The third kappa shape index (κ3) is 7.16. The minimum atomic E-state index is -0.123. The fourth-order valence-electron chi connectivity index (χ4n) is 5.16. The van der Waals surface area contributed by atoms with E-state index >= 15 is 0 Å². The van der Waals surface area contributed by atoms with Gasteiger partial charge in [-0.1, -0.05) is 29.8 Å². The van der Waals surface area contributed by atoms with Gasteiger partial charge in [-0.25, -0.2) is 0 Å². The van der Waals surface area contributed by atoms with Crippen molar-refractivity contribution in [3.63, 3.8) is 0 Å². The summed E-state index contributed by atoms with van der Waals surface area (Å²) in [7, 11) is 1.72. The van der Waals surface area contributed by atoms with Crippen molar-refractivity contribution in [2.24, 2.45) is 0 Å². The average Bonchev–Trinajstić information content (AvgIpc) is 3.47. The number of carbonyl (C=O) groups is 1. The molecule has 0 atom stereocenters. The summed E-state index contributed by atoms with van der Waals surface area (Å²) in [5.74, 6) is 2.54. The maximum absolute atomic E-state index is 13.3. The molecule has 7 nitrogen and oxygen atoms in total. The van der Waals surface area contributed by atoms with Crippen molar-refractivity contribution >= 4 is 28.9 Å². The van der Waals surface area contributed by atoms with Gasteiger partial charge in [0.05, 0.1) is 31.6 Å². The second-order valence-corrected chi connectivity index (χ2v) is 10.5. The minimum absolute atomic E-state index is 0.123. The van der Waals surface area contributed by atoms with Gasteiger partial charge in [0, 0.05) is 24.7 Å². The van der Waals surface area contributed by atoms with Crippen LogP contribution in [0.3, 0.4) is 0 Å². The quantitative estimate of drug-likeness (QED) is 0.388. The Balaban J connectivity index is 1.35. The van der Waals surface area contributed by atoms with Crippen molar-refractivity contribution in [3.8, 4) is 23.0 Å². The van der Waals surface area contributed by atoms with E-state index in [9.17, 15) is 4.79 Å². The van der Waals surface area contributed by atoms with Crippen LogP contribution in [0.15, 0.2) is 60.7 Å². The molecular weight excluding hydrogens is 514 g/mol. The molecule has 2 aliphatic rings. The lowest BCUT2D eigenvalue weighted by Crippen LogP contribution is -2.33. The molecule has 2 heterocycles. The first-order valence-electron chi connectivity index (χ1n) is 13.7. The lowest BCUT2D eigenvalue weighted by molar-refractivity contribution is -0.117. The van der Waals surface area contributed by atoms with Crippen LogP contribution in [0, 0.1) is 0 Å². The van der Waals surface area contributed by atoms with E-state index in [1.165, 1.54) is 12.8 Å². The number of benzene rings is 3. The van der Waals surface area contributed by atoms with Crippen molar-refractivity contribution in [1.29, 1.82) is 0 Å². The number of nitrogens with zero attached hydrogens (tertiary/aromatic N) is 2. The smallest absolute Gasteiger partial charge is 0.238 e. The Morgan fingerprint density at radius 2 is 1.69 bits per heavy atom. The summed E-state index contributed by atoms with van der Waals surface area (Å²) in [5.41, 5.74) is 2.78. The van der Waals surface area contributed by atoms with Crippen LogP contribution in [0.5, 0.6) is 23.0 Å². The van der Waals surface area contributed by atoms with Gasteiger partial charge in [0.2, 0.25) is 5.91 Å². The van der Waals surface area contributed by atoms with Crippen LogP contribution < -0.4 is 24.4 Å². The second kappa shape index (κ2) is 13.1. The van der Waals surface area contributed by atoms with Crippen LogP contribution >= 0.6 is 11.6 Å². The number of nitrogens with one attached hydrogen (secondary N) is 1. The summed E-state index contributed by atoms with van der Waals surface area (Å²) in [6.45, 7) is 4.40. The van der Waals surface area contributed by atoms with Gasteiger partial charge in [0.25, 0.3) is 0 Å². The highest BCUT2D eigenvalue weighted by atomic mass is 35.5. The first-order valence-corrected chi connectivity index (χ1v) is 14.1.